The van der Waals surface area contributed by atoms with Crippen LogP contribution >= 0.6 is 0 Å². The van der Waals surface area contributed by atoms with Crippen LogP contribution < -0.4 is 10.6 Å². The standard InChI is InChI=1S/C16H18N6O2/c1-3-12-9-14(22(2)20-12)19-16(23)17-10-13-18-15(24-21-13)11-7-5-4-6-8-11/h4-9H,3,10H2,1-2H3,(H2,17,19,23). The van der Waals surface area contributed by atoms with E-state index in [1.807, 2.05) is 43.3 Å². The molecule has 0 unspecified atom stereocenters. The van der Waals surface area contributed by atoms with E-state index in [-0.39, 0.29) is 12.6 Å². The van der Waals surface area contributed by atoms with Gasteiger partial charge in [-0.2, -0.15) is 10.1 Å². The molecule has 3 rings (SSSR count). The smallest absolute Gasteiger partial charge is 0.320 e. The van der Waals surface area contributed by atoms with Gasteiger partial charge in [0.2, 0.25) is 0 Å². The molecule has 0 fully saturated rings. The summed E-state index contributed by atoms with van der Waals surface area (Å²) < 4.78 is 6.82. The fraction of sp³-hybridized carbons (Fsp3) is 0.250. The molecule has 2 amide bonds. The molecule has 3 aromatic rings. The zero-order valence-electron chi connectivity index (χ0n) is 13.5. The first-order chi connectivity index (χ1) is 11.7. The molecular formula is C16H18N6O2. The van der Waals surface area contributed by atoms with Crippen LogP contribution in [0.1, 0.15) is 18.4 Å². The summed E-state index contributed by atoms with van der Waals surface area (Å²) in [6.07, 6.45) is 0.808. The van der Waals surface area contributed by atoms with Crippen molar-refractivity contribution in [3.63, 3.8) is 0 Å². The van der Waals surface area contributed by atoms with Crippen LogP contribution in [0.25, 0.3) is 11.5 Å². The Hall–Kier alpha value is -3.16. The van der Waals surface area contributed by atoms with Crippen molar-refractivity contribution in [1.29, 1.82) is 0 Å². The Kier molecular flexibility index (Phi) is 4.55. The number of anilines is 1. The Bertz CT molecular complexity index is 824. The molecule has 8 heteroatoms. The molecule has 0 bridgehead atoms. The van der Waals surface area contributed by atoms with Crippen molar-refractivity contribution in [1.82, 2.24) is 25.2 Å². The molecule has 8 nitrogen and oxygen atoms in total. The third-order valence-corrected chi connectivity index (χ3v) is 3.43. The van der Waals surface area contributed by atoms with Crippen LogP contribution in [0.15, 0.2) is 40.9 Å². The van der Waals surface area contributed by atoms with Gasteiger partial charge in [0.25, 0.3) is 5.89 Å². The summed E-state index contributed by atoms with van der Waals surface area (Å²) in [6.45, 7) is 2.17. The van der Waals surface area contributed by atoms with E-state index in [1.54, 1.807) is 11.7 Å². The van der Waals surface area contributed by atoms with Crippen molar-refractivity contribution in [3.05, 3.63) is 47.9 Å². The van der Waals surface area contributed by atoms with Gasteiger partial charge in [0.05, 0.1) is 12.2 Å². The third-order valence-electron chi connectivity index (χ3n) is 3.43. The maximum absolute atomic E-state index is 12.0. The van der Waals surface area contributed by atoms with E-state index in [0.717, 1.165) is 17.7 Å². The Morgan fingerprint density at radius 2 is 2.08 bits per heavy atom. The van der Waals surface area contributed by atoms with Crippen molar-refractivity contribution < 1.29 is 9.32 Å². The lowest BCUT2D eigenvalue weighted by Gasteiger charge is -2.05. The van der Waals surface area contributed by atoms with Gasteiger partial charge in [-0.1, -0.05) is 30.3 Å². The van der Waals surface area contributed by atoms with Crippen molar-refractivity contribution in [2.24, 2.45) is 7.05 Å². The minimum atomic E-state index is -0.355. The normalized spacial score (nSPS) is 10.6. The average molecular weight is 326 g/mol. The van der Waals surface area contributed by atoms with Crippen LogP contribution in [-0.2, 0) is 20.0 Å². The van der Waals surface area contributed by atoms with Crippen LogP contribution in [0.5, 0.6) is 0 Å². The quantitative estimate of drug-likeness (QED) is 0.750. The number of urea groups is 1. The molecule has 2 N–H and O–H groups in total. The molecule has 2 aromatic heterocycles. The zero-order chi connectivity index (χ0) is 16.9. The summed E-state index contributed by atoms with van der Waals surface area (Å²) in [5.41, 5.74) is 1.75. The molecule has 0 spiro atoms. The van der Waals surface area contributed by atoms with Crippen LogP contribution in [0.3, 0.4) is 0 Å². The van der Waals surface area contributed by atoms with Crippen LogP contribution in [0, 0.1) is 0 Å². The first kappa shape index (κ1) is 15.7. The molecular weight excluding hydrogens is 308 g/mol. The lowest BCUT2D eigenvalue weighted by atomic mass is 10.2. The molecule has 24 heavy (non-hydrogen) atoms. The first-order valence-electron chi connectivity index (χ1n) is 7.61. The molecule has 0 saturated heterocycles. The van der Waals surface area contributed by atoms with Gasteiger partial charge in [0.1, 0.15) is 5.82 Å². The Morgan fingerprint density at radius 1 is 1.29 bits per heavy atom. The fourth-order valence-corrected chi connectivity index (χ4v) is 2.16. The van der Waals surface area contributed by atoms with E-state index in [4.69, 9.17) is 4.52 Å². The Morgan fingerprint density at radius 3 is 2.79 bits per heavy atom. The SMILES string of the molecule is CCc1cc(NC(=O)NCc2noc(-c3ccccc3)n2)n(C)n1. The molecule has 0 radical (unpaired) electrons. The Labute approximate surface area is 138 Å². The number of hydrogen-bond donors (Lipinski definition) is 2. The van der Waals surface area contributed by atoms with Gasteiger partial charge in [0, 0.05) is 18.7 Å². The highest BCUT2D eigenvalue weighted by molar-refractivity contribution is 5.88. The summed E-state index contributed by atoms with van der Waals surface area (Å²) in [5.74, 6) is 1.46. The number of nitrogens with one attached hydrogen (secondary N) is 2. The number of carbonyl (C=O) groups excluding carboxylic acids is 1. The minimum Gasteiger partial charge on any atom is -0.334 e. The van der Waals surface area contributed by atoms with E-state index < -0.39 is 0 Å². The Balaban J connectivity index is 1.57. The summed E-state index contributed by atoms with van der Waals surface area (Å²) in [6, 6.07) is 10.9. The number of rotatable bonds is 5. The summed E-state index contributed by atoms with van der Waals surface area (Å²) >= 11 is 0. The fourth-order valence-electron chi connectivity index (χ4n) is 2.16. The van der Waals surface area contributed by atoms with Crippen LogP contribution in [0.2, 0.25) is 0 Å². The van der Waals surface area contributed by atoms with Crippen molar-refractivity contribution in [2.75, 3.05) is 5.32 Å². The number of aryl methyl sites for hydroxylation is 2. The molecule has 2 heterocycles. The highest BCUT2D eigenvalue weighted by Gasteiger charge is 2.11. The van der Waals surface area contributed by atoms with Crippen LogP contribution in [-0.4, -0.2) is 26.0 Å². The summed E-state index contributed by atoms with van der Waals surface area (Å²) in [7, 11) is 1.78. The minimum absolute atomic E-state index is 0.167. The van der Waals surface area contributed by atoms with Crippen molar-refractivity contribution in [3.8, 4) is 11.5 Å². The van der Waals surface area contributed by atoms with Gasteiger partial charge in [0.15, 0.2) is 5.82 Å². The predicted molar refractivity (Wildman–Crippen MR) is 88.2 cm³/mol. The molecule has 0 atom stereocenters. The predicted octanol–water partition coefficient (Wildman–Crippen LogP) is 2.35. The zero-order valence-corrected chi connectivity index (χ0v) is 13.5. The molecule has 1 aromatic carbocycles. The van der Waals surface area contributed by atoms with E-state index in [0.29, 0.717) is 17.5 Å². The summed E-state index contributed by atoms with van der Waals surface area (Å²) in [5, 5.41) is 13.6. The number of hydrogen-bond acceptors (Lipinski definition) is 5. The summed E-state index contributed by atoms with van der Waals surface area (Å²) in [4.78, 5) is 16.2. The lowest BCUT2D eigenvalue weighted by molar-refractivity contribution is 0.251. The molecule has 0 aliphatic rings. The topological polar surface area (TPSA) is 97.9 Å². The number of carbonyl (C=O) groups is 1. The monoisotopic (exact) mass is 326 g/mol. The highest BCUT2D eigenvalue weighted by atomic mass is 16.5. The van der Waals surface area contributed by atoms with Gasteiger partial charge in [-0.15, -0.1) is 0 Å². The molecule has 0 aliphatic carbocycles. The van der Waals surface area contributed by atoms with Gasteiger partial charge in [-0.25, -0.2) is 4.79 Å². The average Bonchev–Trinajstić information content (AvgIpc) is 3.21. The van der Waals surface area contributed by atoms with Crippen LogP contribution in [0.4, 0.5) is 10.6 Å². The first-order valence-corrected chi connectivity index (χ1v) is 7.61. The largest absolute Gasteiger partial charge is 0.334 e. The van der Waals surface area contributed by atoms with Crippen molar-refractivity contribution >= 4 is 11.8 Å². The second kappa shape index (κ2) is 6.95. The number of nitrogens with zero attached hydrogens (tertiary/aromatic N) is 4. The molecule has 124 valence electrons. The van der Waals surface area contributed by atoms with E-state index in [9.17, 15) is 4.79 Å². The van der Waals surface area contributed by atoms with E-state index in [1.165, 1.54) is 0 Å². The van der Waals surface area contributed by atoms with Gasteiger partial charge >= 0.3 is 6.03 Å². The second-order valence-corrected chi connectivity index (χ2v) is 5.19. The number of amides is 2. The second-order valence-electron chi connectivity index (χ2n) is 5.19. The highest BCUT2D eigenvalue weighted by Crippen LogP contribution is 2.16. The van der Waals surface area contributed by atoms with Crippen molar-refractivity contribution in [2.45, 2.75) is 19.9 Å². The van der Waals surface area contributed by atoms with Gasteiger partial charge in [-0.05, 0) is 18.6 Å². The van der Waals surface area contributed by atoms with Gasteiger partial charge < -0.3 is 9.84 Å². The lowest BCUT2D eigenvalue weighted by Crippen LogP contribution is -2.29. The maximum atomic E-state index is 12.0. The third kappa shape index (κ3) is 3.60. The van der Waals surface area contributed by atoms with E-state index >= 15 is 0 Å². The van der Waals surface area contributed by atoms with E-state index in [2.05, 4.69) is 25.9 Å². The number of aromatic nitrogens is 4. The van der Waals surface area contributed by atoms with Gasteiger partial charge in [-0.3, -0.25) is 10.00 Å². The molecule has 0 aliphatic heterocycles. The number of benzene rings is 1. The molecule has 0 saturated carbocycles. The maximum Gasteiger partial charge on any atom is 0.320 e.